The van der Waals surface area contributed by atoms with Gasteiger partial charge in [-0.15, -0.1) is 0 Å². The Bertz CT molecular complexity index is 550. The number of benzene rings is 1. The monoisotopic (exact) mass is 230 g/mol. The quantitative estimate of drug-likeness (QED) is 0.352. The molecule has 0 heterocycles. The molecule has 17 heavy (non-hydrogen) atoms. The predicted octanol–water partition coefficient (Wildman–Crippen LogP) is 1.64. The third-order valence-corrected chi connectivity index (χ3v) is 1.82. The number of phenolic OH excluding ortho intramolecular Hbond substituents is 1. The second kappa shape index (κ2) is 5.14. The van der Waals surface area contributed by atoms with E-state index in [-0.39, 0.29) is 22.7 Å². The molecule has 0 aliphatic rings. The summed E-state index contributed by atoms with van der Waals surface area (Å²) >= 11 is 0. The summed E-state index contributed by atoms with van der Waals surface area (Å²) in [5, 5.41) is 39.4. The van der Waals surface area contributed by atoms with Gasteiger partial charge < -0.3 is 10.4 Å². The SMILES string of the molecule is N#CC(C#N)=CNc1c(O)cccc1[N+](=O)[O-]. The van der Waals surface area contributed by atoms with Gasteiger partial charge in [0.25, 0.3) is 5.69 Å². The van der Waals surface area contributed by atoms with Crippen molar-refractivity contribution in [1.29, 1.82) is 10.5 Å². The molecule has 0 amide bonds. The molecule has 7 heteroatoms. The molecule has 0 aliphatic carbocycles. The molecular weight excluding hydrogens is 224 g/mol. The number of allylic oxidation sites excluding steroid dienone is 1. The van der Waals surface area contributed by atoms with Crippen molar-refractivity contribution in [3.8, 4) is 17.9 Å². The van der Waals surface area contributed by atoms with E-state index in [1.807, 2.05) is 0 Å². The first kappa shape index (κ1) is 12.0. The number of para-hydroxylation sites is 1. The molecule has 1 rings (SSSR count). The molecule has 0 aliphatic heterocycles. The molecule has 0 bridgehead atoms. The Kier molecular flexibility index (Phi) is 3.63. The van der Waals surface area contributed by atoms with Crippen LogP contribution in [0.2, 0.25) is 0 Å². The fraction of sp³-hybridized carbons (Fsp3) is 0. The third kappa shape index (κ3) is 2.70. The van der Waals surface area contributed by atoms with E-state index in [1.165, 1.54) is 18.2 Å². The fourth-order valence-electron chi connectivity index (χ4n) is 1.06. The van der Waals surface area contributed by atoms with Crippen molar-refractivity contribution >= 4 is 11.4 Å². The number of hydrogen-bond acceptors (Lipinski definition) is 6. The number of nitrogens with zero attached hydrogens (tertiary/aromatic N) is 3. The van der Waals surface area contributed by atoms with Gasteiger partial charge in [0.1, 0.15) is 23.5 Å². The number of nitro groups is 1. The predicted molar refractivity (Wildman–Crippen MR) is 57.7 cm³/mol. The average molecular weight is 230 g/mol. The summed E-state index contributed by atoms with van der Waals surface area (Å²) in [6.45, 7) is 0. The minimum absolute atomic E-state index is 0.166. The highest BCUT2D eigenvalue weighted by Gasteiger charge is 2.16. The van der Waals surface area contributed by atoms with E-state index in [1.54, 1.807) is 12.1 Å². The molecule has 0 unspecified atom stereocenters. The highest BCUT2D eigenvalue weighted by Crippen LogP contribution is 2.33. The Morgan fingerprint density at radius 3 is 2.65 bits per heavy atom. The van der Waals surface area contributed by atoms with Gasteiger partial charge in [0.15, 0.2) is 5.69 Å². The molecule has 1 aromatic rings. The van der Waals surface area contributed by atoms with Crippen LogP contribution in [0.3, 0.4) is 0 Å². The van der Waals surface area contributed by atoms with E-state index in [2.05, 4.69) is 5.32 Å². The number of nitro benzene ring substituents is 1. The van der Waals surface area contributed by atoms with E-state index in [0.717, 1.165) is 6.20 Å². The van der Waals surface area contributed by atoms with Crippen LogP contribution in [0.1, 0.15) is 0 Å². The minimum Gasteiger partial charge on any atom is -0.505 e. The molecule has 0 saturated carbocycles. The van der Waals surface area contributed by atoms with Crippen LogP contribution >= 0.6 is 0 Å². The first-order valence-corrected chi connectivity index (χ1v) is 4.33. The smallest absolute Gasteiger partial charge is 0.296 e. The van der Waals surface area contributed by atoms with Crippen molar-refractivity contribution in [3.05, 3.63) is 40.1 Å². The van der Waals surface area contributed by atoms with Gasteiger partial charge in [-0.25, -0.2) is 0 Å². The van der Waals surface area contributed by atoms with Gasteiger partial charge in [0.05, 0.1) is 4.92 Å². The van der Waals surface area contributed by atoms with E-state index in [0.29, 0.717) is 0 Å². The summed E-state index contributed by atoms with van der Waals surface area (Å²) < 4.78 is 0. The lowest BCUT2D eigenvalue weighted by Crippen LogP contribution is -1.97. The highest BCUT2D eigenvalue weighted by molar-refractivity contribution is 5.71. The molecule has 0 aromatic heterocycles. The summed E-state index contributed by atoms with van der Waals surface area (Å²) in [6, 6.07) is 6.91. The van der Waals surface area contributed by atoms with E-state index in [4.69, 9.17) is 10.5 Å². The molecule has 0 saturated heterocycles. The van der Waals surface area contributed by atoms with Gasteiger partial charge in [-0.1, -0.05) is 6.07 Å². The van der Waals surface area contributed by atoms with Gasteiger partial charge in [-0.3, -0.25) is 10.1 Å². The number of anilines is 1. The third-order valence-electron chi connectivity index (χ3n) is 1.82. The Balaban J connectivity index is 3.16. The lowest BCUT2D eigenvalue weighted by atomic mass is 10.2. The number of rotatable bonds is 3. The molecule has 2 N–H and O–H groups in total. The maximum absolute atomic E-state index is 10.7. The van der Waals surface area contributed by atoms with Crippen LogP contribution in [-0.4, -0.2) is 10.0 Å². The zero-order chi connectivity index (χ0) is 12.8. The molecular formula is C10H6N4O3. The summed E-state index contributed by atoms with van der Waals surface area (Å²) in [5.74, 6) is -0.342. The van der Waals surface area contributed by atoms with Gasteiger partial charge in [-0.05, 0) is 6.07 Å². The summed E-state index contributed by atoms with van der Waals surface area (Å²) in [5.41, 5.74) is -0.778. The van der Waals surface area contributed by atoms with Crippen LogP contribution in [0.15, 0.2) is 30.0 Å². The molecule has 1 aromatic carbocycles. The number of aromatic hydroxyl groups is 1. The van der Waals surface area contributed by atoms with Crippen LogP contribution < -0.4 is 5.32 Å². The largest absolute Gasteiger partial charge is 0.505 e. The van der Waals surface area contributed by atoms with Gasteiger partial charge in [0.2, 0.25) is 0 Å². The van der Waals surface area contributed by atoms with E-state index in [9.17, 15) is 15.2 Å². The maximum atomic E-state index is 10.7. The molecule has 0 fully saturated rings. The fourth-order valence-corrected chi connectivity index (χ4v) is 1.06. The number of nitriles is 2. The van der Waals surface area contributed by atoms with Gasteiger partial charge in [-0.2, -0.15) is 10.5 Å². The lowest BCUT2D eigenvalue weighted by Gasteiger charge is -2.04. The Hall–Kier alpha value is -3.06. The Morgan fingerprint density at radius 2 is 2.12 bits per heavy atom. The second-order valence-electron chi connectivity index (χ2n) is 2.85. The highest BCUT2D eigenvalue weighted by atomic mass is 16.6. The zero-order valence-electron chi connectivity index (χ0n) is 8.41. The standard InChI is InChI=1S/C10H6N4O3/c11-4-7(5-12)6-13-10-8(14(16)17)2-1-3-9(10)15/h1-3,6,13,15H. The Labute approximate surface area is 96.0 Å². The van der Waals surface area contributed by atoms with Crippen molar-refractivity contribution in [2.24, 2.45) is 0 Å². The van der Waals surface area contributed by atoms with Crippen LogP contribution in [0.5, 0.6) is 5.75 Å². The van der Waals surface area contributed by atoms with Crippen LogP contribution in [0.4, 0.5) is 11.4 Å². The topological polar surface area (TPSA) is 123 Å². The van der Waals surface area contributed by atoms with Gasteiger partial charge >= 0.3 is 0 Å². The summed E-state index contributed by atoms with van der Waals surface area (Å²) in [4.78, 5) is 9.98. The van der Waals surface area contributed by atoms with Crippen molar-refractivity contribution in [2.75, 3.05) is 5.32 Å². The number of hydrogen-bond donors (Lipinski definition) is 2. The van der Waals surface area contributed by atoms with Crippen LogP contribution in [0, 0.1) is 32.8 Å². The summed E-state index contributed by atoms with van der Waals surface area (Å²) in [7, 11) is 0. The Morgan fingerprint density at radius 1 is 1.47 bits per heavy atom. The second-order valence-corrected chi connectivity index (χ2v) is 2.85. The van der Waals surface area contributed by atoms with Crippen LogP contribution in [0.25, 0.3) is 0 Å². The maximum Gasteiger partial charge on any atom is 0.296 e. The first-order valence-electron chi connectivity index (χ1n) is 4.33. The average Bonchev–Trinajstić information content (AvgIpc) is 2.31. The number of nitrogens with one attached hydrogen (secondary N) is 1. The number of phenols is 1. The molecule has 0 radical (unpaired) electrons. The van der Waals surface area contributed by atoms with Crippen molar-refractivity contribution < 1.29 is 10.0 Å². The normalized spacial score (nSPS) is 8.59. The molecule has 84 valence electrons. The van der Waals surface area contributed by atoms with E-state index >= 15 is 0 Å². The molecule has 0 spiro atoms. The minimum atomic E-state index is -0.686. The molecule has 0 atom stereocenters. The van der Waals surface area contributed by atoms with Crippen molar-refractivity contribution in [2.45, 2.75) is 0 Å². The lowest BCUT2D eigenvalue weighted by molar-refractivity contribution is -0.384. The van der Waals surface area contributed by atoms with Crippen molar-refractivity contribution in [3.63, 3.8) is 0 Å². The van der Waals surface area contributed by atoms with E-state index < -0.39 is 4.92 Å². The summed E-state index contributed by atoms with van der Waals surface area (Å²) in [6.07, 6.45) is 0.988. The first-order chi connectivity index (χ1) is 8.10. The van der Waals surface area contributed by atoms with Crippen LogP contribution in [-0.2, 0) is 0 Å². The zero-order valence-corrected chi connectivity index (χ0v) is 8.41. The van der Waals surface area contributed by atoms with Crippen molar-refractivity contribution in [1.82, 2.24) is 0 Å². The molecule has 7 nitrogen and oxygen atoms in total. The van der Waals surface area contributed by atoms with Gasteiger partial charge in [0, 0.05) is 12.3 Å².